The van der Waals surface area contributed by atoms with Gasteiger partial charge < -0.3 is 10.0 Å². The van der Waals surface area contributed by atoms with Crippen LogP contribution in [0, 0.1) is 0 Å². The molecule has 1 aliphatic heterocycles. The zero-order valence-electron chi connectivity index (χ0n) is 10.5. The molecule has 0 atom stereocenters. The van der Waals surface area contributed by atoms with E-state index in [1.807, 2.05) is 4.90 Å². The van der Waals surface area contributed by atoms with Crippen LogP contribution in [-0.4, -0.2) is 59.5 Å². The Morgan fingerprint density at radius 3 is 2.29 bits per heavy atom. The number of carbonyl (C=O) groups excluding carboxylic acids is 1. The second-order valence-corrected chi connectivity index (χ2v) is 4.47. The molecule has 0 aliphatic carbocycles. The Kier molecular flexibility index (Phi) is 5.97. The Hall–Kier alpha value is -1.10. The van der Waals surface area contributed by atoms with Crippen LogP contribution in [0.4, 0.5) is 0 Å². The molecule has 5 nitrogen and oxygen atoms in total. The number of carboxylic acids is 1. The number of carboxylic acid groups (broad SMARTS) is 1. The minimum Gasteiger partial charge on any atom is -0.481 e. The van der Waals surface area contributed by atoms with Crippen molar-refractivity contribution in [3.8, 4) is 0 Å². The largest absolute Gasteiger partial charge is 0.481 e. The van der Waals surface area contributed by atoms with E-state index in [1.54, 1.807) is 0 Å². The van der Waals surface area contributed by atoms with Crippen LogP contribution in [0.3, 0.4) is 0 Å². The summed E-state index contributed by atoms with van der Waals surface area (Å²) in [5, 5.41) is 8.59. The quantitative estimate of drug-likeness (QED) is 0.748. The second-order valence-electron chi connectivity index (χ2n) is 4.47. The molecule has 0 bridgehead atoms. The Morgan fingerprint density at radius 1 is 1.12 bits per heavy atom. The predicted octanol–water partition coefficient (Wildman–Crippen LogP) is 0.796. The molecule has 1 aliphatic rings. The van der Waals surface area contributed by atoms with Gasteiger partial charge in [-0.05, 0) is 6.42 Å². The highest BCUT2D eigenvalue weighted by Gasteiger charge is 2.20. The third-order valence-corrected chi connectivity index (χ3v) is 3.11. The van der Waals surface area contributed by atoms with Crippen molar-refractivity contribution in [2.45, 2.75) is 32.6 Å². The first-order valence-electron chi connectivity index (χ1n) is 6.35. The summed E-state index contributed by atoms with van der Waals surface area (Å²) in [6.45, 7) is 5.74. The van der Waals surface area contributed by atoms with Gasteiger partial charge >= 0.3 is 5.97 Å². The molecule has 1 rings (SSSR count). The number of rotatable bonds is 6. The molecule has 1 fully saturated rings. The van der Waals surface area contributed by atoms with Gasteiger partial charge in [0.25, 0.3) is 0 Å². The summed E-state index contributed by atoms with van der Waals surface area (Å²) in [5.41, 5.74) is 0. The molecule has 1 N–H and O–H groups in total. The average Bonchev–Trinajstić information content (AvgIpc) is 2.34. The van der Waals surface area contributed by atoms with E-state index in [0.717, 1.165) is 39.0 Å². The van der Waals surface area contributed by atoms with Gasteiger partial charge in [0.1, 0.15) is 0 Å². The van der Waals surface area contributed by atoms with Crippen molar-refractivity contribution in [3.63, 3.8) is 0 Å². The summed E-state index contributed by atoms with van der Waals surface area (Å²) < 4.78 is 0. The van der Waals surface area contributed by atoms with Crippen molar-refractivity contribution in [2.24, 2.45) is 0 Å². The smallest absolute Gasteiger partial charge is 0.304 e. The number of aliphatic carboxylic acids is 1. The van der Waals surface area contributed by atoms with Gasteiger partial charge in [-0.1, -0.05) is 13.3 Å². The summed E-state index contributed by atoms with van der Waals surface area (Å²) >= 11 is 0. The Bertz CT molecular complexity index is 260. The molecule has 0 unspecified atom stereocenters. The van der Waals surface area contributed by atoms with Gasteiger partial charge in [-0.25, -0.2) is 0 Å². The first kappa shape index (κ1) is 14.0. The highest BCUT2D eigenvalue weighted by Crippen LogP contribution is 2.06. The third-order valence-electron chi connectivity index (χ3n) is 3.11. The Labute approximate surface area is 102 Å². The van der Waals surface area contributed by atoms with Crippen LogP contribution in [0.25, 0.3) is 0 Å². The first-order valence-corrected chi connectivity index (χ1v) is 6.35. The van der Waals surface area contributed by atoms with E-state index in [2.05, 4.69) is 11.8 Å². The normalized spacial score (nSPS) is 17.1. The minimum absolute atomic E-state index is 0.184. The molecular formula is C12H22N2O3. The van der Waals surface area contributed by atoms with Crippen molar-refractivity contribution in [3.05, 3.63) is 0 Å². The fourth-order valence-corrected chi connectivity index (χ4v) is 1.96. The monoisotopic (exact) mass is 242 g/mol. The lowest BCUT2D eigenvalue weighted by Gasteiger charge is -2.34. The predicted molar refractivity (Wildman–Crippen MR) is 64.8 cm³/mol. The number of amides is 1. The summed E-state index contributed by atoms with van der Waals surface area (Å²) in [4.78, 5) is 26.2. The van der Waals surface area contributed by atoms with Crippen LogP contribution in [0.5, 0.6) is 0 Å². The number of carbonyl (C=O) groups is 2. The number of unbranched alkanes of at least 4 members (excludes halogenated alkanes) is 1. The molecule has 1 saturated heterocycles. The SMILES string of the molecule is CCCCC(=O)N1CCN(CCC(=O)O)CC1. The minimum atomic E-state index is -0.758. The lowest BCUT2D eigenvalue weighted by atomic mass is 10.2. The third kappa shape index (κ3) is 5.17. The molecule has 17 heavy (non-hydrogen) atoms. The molecule has 0 saturated carbocycles. The fraction of sp³-hybridized carbons (Fsp3) is 0.833. The lowest BCUT2D eigenvalue weighted by molar-refractivity contribution is -0.138. The number of nitrogens with zero attached hydrogens (tertiary/aromatic N) is 2. The molecule has 0 aromatic rings. The first-order chi connectivity index (χ1) is 8.13. The van der Waals surface area contributed by atoms with Crippen LogP contribution in [0.15, 0.2) is 0 Å². The average molecular weight is 242 g/mol. The van der Waals surface area contributed by atoms with Crippen molar-refractivity contribution in [1.82, 2.24) is 9.80 Å². The van der Waals surface area contributed by atoms with Crippen LogP contribution in [-0.2, 0) is 9.59 Å². The molecule has 0 aromatic carbocycles. The van der Waals surface area contributed by atoms with Gasteiger partial charge in [0.2, 0.25) is 5.91 Å². The number of hydrogen-bond donors (Lipinski definition) is 1. The summed E-state index contributed by atoms with van der Waals surface area (Å²) in [7, 11) is 0. The van der Waals surface area contributed by atoms with Crippen LogP contribution in [0.1, 0.15) is 32.6 Å². The summed E-state index contributed by atoms with van der Waals surface area (Å²) in [6, 6.07) is 0. The van der Waals surface area contributed by atoms with Gasteiger partial charge in [0.05, 0.1) is 6.42 Å². The highest BCUT2D eigenvalue weighted by molar-refractivity contribution is 5.76. The van der Waals surface area contributed by atoms with Crippen molar-refractivity contribution in [1.29, 1.82) is 0 Å². The number of hydrogen-bond acceptors (Lipinski definition) is 3. The van der Waals surface area contributed by atoms with E-state index >= 15 is 0 Å². The van der Waals surface area contributed by atoms with Gasteiger partial charge in [0, 0.05) is 39.1 Å². The van der Waals surface area contributed by atoms with Gasteiger partial charge in [-0.3, -0.25) is 14.5 Å². The molecule has 0 spiro atoms. The summed E-state index contributed by atoms with van der Waals surface area (Å²) in [6.07, 6.45) is 2.83. The van der Waals surface area contributed by atoms with Crippen molar-refractivity contribution < 1.29 is 14.7 Å². The van der Waals surface area contributed by atoms with E-state index in [9.17, 15) is 9.59 Å². The van der Waals surface area contributed by atoms with Crippen LogP contribution < -0.4 is 0 Å². The Balaban J connectivity index is 2.20. The maximum absolute atomic E-state index is 11.7. The lowest BCUT2D eigenvalue weighted by Crippen LogP contribution is -2.49. The van der Waals surface area contributed by atoms with E-state index in [-0.39, 0.29) is 12.3 Å². The highest BCUT2D eigenvalue weighted by atomic mass is 16.4. The molecule has 5 heteroatoms. The van der Waals surface area contributed by atoms with Gasteiger partial charge in [-0.2, -0.15) is 0 Å². The molecule has 0 aromatic heterocycles. The van der Waals surface area contributed by atoms with E-state index in [0.29, 0.717) is 13.0 Å². The fourth-order valence-electron chi connectivity index (χ4n) is 1.96. The van der Waals surface area contributed by atoms with E-state index in [1.165, 1.54) is 0 Å². The van der Waals surface area contributed by atoms with Crippen molar-refractivity contribution in [2.75, 3.05) is 32.7 Å². The van der Waals surface area contributed by atoms with Gasteiger partial charge in [-0.15, -0.1) is 0 Å². The zero-order valence-corrected chi connectivity index (χ0v) is 10.5. The second kappa shape index (κ2) is 7.27. The van der Waals surface area contributed by atoms with Gasteiger partial charge in [0.15, 0.2) is 0 Å². The molecular weight excluding hydrogens is 220 g/mol. The standard InChI is InChI=1S/C12H22N2O3/c1-2-3-4-11(15)14-9-7-13(8-10-14)6-5-12(16)17/h2-10H2,1H3,(H,16,17). The molecule has 1 heterocycles. The van der Waals surface area contributed by atoms with Crippen LogP contribution >= 0.6 is 0 Å². The molecule has 0 radical (unpaired) electrons. The topological polar surface area (TPSA) is 60.9 Å². The maximum Gasteiger partial charge on any atom is 0.304 e. The van der Waals surface area contributed by atoms with E-state index in [4.69, 9.17) is 5.11 Å². The molecule has 1 amide bonds. The molecule has 98 valence electrons. The number of piperazine rings is 1. The summed E-state index contributed by atoms with van der Waals surface area (Å²) in [5.74, 6) is -0.517. The Morgan fingerprint density at radius 2 is 1.76 bits per heavy atom. The van der Waals surface area contributed by atoms with E-state index < -0.39 is 5.97 Å². The van der Waals surface area contributed by atoms with Crippen LogP contribution in [0.2, 0.25) is 0 Å². The maximum atomic E-state index is 11.7. The zero-order chi connectivity index (χ0) is 12.7. The van der Waals surface area contributed by atoms with Crippen molar-refractivity contribution >= 4 is 11.9 Å².